The van der Waals surface area contributed by atoms with E-state index in [4.69, 9.17) is 0 Å². The highest BCUT2D eigenvalue weighted by Crippen LogP contribution is 2.05. The topological polar surface area (TPSA) is 33.1 Å². The predicted molar refractivity (Wildman–Crippen MR) is 52.0 cm³/mol. The standard InChI is InChI=1S/C11H13NO/c1-11(2,13)7-3-5-10-6-4-8-12-9-10/h4,6,8-9,13H,7H2,1-2H3. The van der Waals surface area contributed by atoms with Crippen LogP contribution in [0.4, 0.5) is 0 Å². The van der Waals surface area contributed by atoms with E-state index in [9.17, 15) is 5.11 Å². The Balaban J connectivity index is 2.59. The lowest BCUT2D eigenvalue weighted by Gasteiger charge is -2.11. The summed E-state index contributed by atoms with van der Waals surface area (Å²) in [5.41, 5.74) is 0.168. The minimum atomic E-state index is -0.713. The highest BCUT2D eigenvalue weighted by Gasteiger charge is 2.08. The lowest BCUT2D eigenvalue weighted by atomic mass is 10.1. The van der Waals surface area contributed by atoms with E-state index in [1.54, 1.807) is 26.2 Å². The van der Waals surface area contributed by atoms with Crippen LogP contribution >= 0.6 is 0 Å². The average molecular weight is 175 g/mol. The summed E-state index contributed by atoms with van der Waals surface area (Å²) in [6.45, 7) is 3.48. The number of aromatic nitrogens is 1. The molecular weight excluding hydrogens is 162 g/mol. The Bertz CT molecular complexity index is 313. The van der Waals surface area contributed by atoms with Crippen LogP contribution in [-0.4, -0.2) is 15.7 Å². The minimum absolute atomic E-state index is 0.474. The van der Waals surface area contributed by atoms with Crippen LogP contribution in [0.3, 0.4) is 0 Å². The SMILES string of the molecule is CC(C)(O)CC#Cc1cccnc1. The molecule has 0 atom stereocenters. The van der Waals surface area contributed by atoms with Gasteiger partial charge in [0.15, 0.2) is 0 Å². The Morgan fingerprint density at radius 1 is 1.54 bits per heavy atom. The van der Waals surface area contributed by atoms with Gasteiger partial charge in [0.2, 0.25) is 0 Å². The second kappa shape index (κ2) is 4.06. The molecule has 1 heterocycles. The molecule has 68 valence electrons. The molecule has 0 bridgehead atoms. The lowest BCUT2D eigenvalue weighted by Crippen LogP contribution is -2.16. The van der Waals surface area contributed by atoms with Crippen molar-refractivity contribution in [2.24, 2.45) is 0 Å². The maximum absolute atomic E-state index is 9.38. The molecule has 0 aromatic carbocycles. The first kappa shape index (κ1) is 9.76. The first-order chi connectivity index (χ1) is 6.08. The smallest absolute Gasteiger partial charge is 0.0700 e. The van der Waals surface area contributed by atoms with Crippen molar-refractivity contribution in [1.29, 1.82) is 0 Å². The Kier molecular flexibility index (Phi) is 3.05. The van der Waals surface area contributed by atoms with Crippen molar-refractivity contribution in [3.63, 3.8) is 0 Å². The molecule has 13 heavy (non-hydrogen) atoms. The molecule has 0 aliphatic heterocycles. The molecule has 0 aliphatic rings. The van der Waals surface area contributed by atoms with Crippen molar-refractivity contribution >= 4 is 0 Å². The van der Waals surface area contributed by atoms with E-state index in [0.29, 0.717) is 6.42 Å². The maximum atomic E-state index is 9.38. The molecule has 2 heteroatoms. The number of aliphatic hydroxyl groups is 1. The van der Waals surface area contributed by atoms with Crippen LogP contribution in [0.25, 0.3) is 0 Å². The van der Waals surface area contributed by atoms with Gasteiger partial charge in [-0.3, -0.25) is 4.98 Å². The van der Waals surface area contributed by atoms with Gasteiger partial charge in [0, 0.05) is 24.4 Å². The quantitative estimate of drug-likeness (QED) is 0.657. The summed E-state index contributed by atoms with van der Waals surface area (Å²) in [5, 5.41) is 9.38. The third-order valence-electron chi connectivity index (χ3n) is 1.42. The van der Waals surface area contributed by atoms with Gasteiger partial charge in [-0.25, -0.2) is 0 Å². The molecule has 0 unspecified atom stereocenters. The predicted octanol–water partition coefficient (Wildman–Crippen LogP) is 1.59. The minimum Gasteiger partial charge on any atom is -0.389 e. The molecule has 1 aromatic rings. The number of nitrogens with zero attached hydrogens (tertiary/aromatic N) is 1. The van der Waals surface area contributed by atoms with E-state index >= 15 is 0 Å². The fourth-order valence-corrected chi connectivity index (χ4v) is 0.799. The van der Waals surface area contributed by atoms with Gasteiger partial charge < -0.3 is 5.11 Å². The third-order valence-corrected chi connectivity index (χ3v) is 1.42. The summed E-state index contributed by atoms with van der Waals surface area (Å²) < 4.78 is 0. The summed E-state index contributed by atoms with van der Waals surface area (Å²) in [4.78, 5) is 3.93. The summed E-state index contributed by atoms with van der Waals surface area (Å²) in [6.07, 6.45) is 3.89. The molecule has 0 saturated heterocycles. The normalized spacial score (nSPS) is 10.4. The van der Waals surface area contributed by atoms with E-state index in [1.807, 2.05) is 12.1 Å². The van der Waals surface area contributed by atoms with Crippen molar-refractivity contribution in [1.82, 2.24) is 4.98 Å². The molecular formula is C11H13NO. The summed E-state index contributed by atoms with van der Waals surface area (Å²) in [6, 6.07) is 3.73. The summed E-state index contributed by atoms with van der Waals surface area (Å²) in [7, 11) is 0. The van der Waals surface area contributed by atoms with Crippen LogP contribution in [-0.2, 0) is 0 Å². The molecule has 0 saturated carbocycles. The summed E-state index contributed by atoms with van der Waals surface area (Å²) in [5.74, 6) is 5.83. The van der Waals surface area contributed by atoms with Gasteiger partial charge in [-0.15, -0.1) is 0 Å². The van der Waals surface area contributed by atoms with E-state index in [0.717, 1.165) is 5.56 Å². The van der Waals surface area contributed by atoms with Gasteiger partial charge >= 0.3 is 0 Å². The fraction of sp³-hybridized carbons (Fsp3) is 0.364. The second-order valence-corrected chi connectivity index (χ2v) is 3.53. The number of hydrogen-bond donors (Lipinski definition) is 1. The molecule has 1 rings (SSSR count). The van der Waals surface area contributed by atoms with Gasteiger partial charge in [0.05, 0.1) is 5.60 Å². The Morgan fingerprint density at radius 2 is 2.31 bits per heavy atom. The van der Waals surface area contributed by atoms with Crippen LogP contribution in [0.5, 0.6) is 0 Å². The monoisotopic (exact) mass is 175 g/mol. The zero-order chi connectivity index (χ0) is 9.73. The van der Waals surface area contributed by atoms with Crippen LogP contribution in [0, 0.1) is 11.8 Å². The molecule has 0 aliphatic carbocycles. The van der Waals surface area contributed by atoms with Crippen LogP contribution in [0.1, 0.15) is 25.8 Å². The molecule has 0 spiro atoms. The molecule has 1 N–H and O–H groups in total. The van der Waals surface area contributed by atoms with Crippen molar-refractivity contribution in [2.45, 2.75) is 25.9 Å². The van der Waals surface area contributed by atoms with E-state index in [-0.39, 0.29) is 0 Å². The zero-order valence-corrected chi connectivity index (χ0v) is 7.91. The highest BCUT2D eigenvalue weighted by molar-refractivity contribution is 5.31. The molecule has 1 aromatic heterocycles. The van der Waals surface area contributed by atoms with Gasteiger partial charge in [-0.05, 0) is 26.0 Å². The second-order valence-electron chi connectivity index (χ2n) is 3.53. The van der Waals surface area contributed by atoms with Crippen LogP contribution in [0.15, 0.2) is 24.5 Å². The molecule has 0 fully saturated rings. The van der Waals surface area contributed by atoms with Crippen molar-refractivity contribution in [3.05, 3.63) is 30.1 Å². The third kappa shape index (κ3) is 4.29. The molecule has 0 amide bonds. The maximum Gasteiger partial charge on any atom is 0.0700 e. The first-order valence-electron chi connectivity index (χ1n) is 4.19. The van der Waals surface area contributed by atoms with Gasteiger partial charge in [-0.2, -0.15) is 0 Å². The number of pyridine rings is 1. The van der Waals surface area contributed by atoms with Crippen molar-refractivity contribution < 1.29 is 5.11 Å². The zero-order valence-electron chi connectivity index (χ0n) is 7.91. The number of hydrogen-bond acceptors (Lipinski definition) is 2. The van der Waals surface area contributed by atoms with Crippen LogP contribution < -0.4 is 0 Å². The van der Waals surface area contributed by atoms with E-state index in [1.165, 1.54) is 0 Å². The Morgan fingerprint density at radius 3 is 2.85 bits per heavy atom. The van der Waals surface area contributed by atoms with E-state index < -0.39 is 5.60 Å². The van der Waals surface area contributed by atoms with Crippen LogP contribution in [0.2, 0.25) is 0 Å². The van der Waals surface area contributed by atoms with Crippen molar-refractivity contribution in [3.8, 4) is 11.8 Å². The fourth-order valence-electron chi connectivity index (χ4n) is 0.799. The lowest BCUT2D eigenvalue weighted by molar-refractivity contribution is 0.0862. The Labute approximate surface area is 78.6 Å². The van der Waals surface area contributed by atoms with Crippen molar-refractivity contribution in [2.75, 3.05) is 0 Å². The average Bonchev–Trinajstić information content (AvgIpc) is 2.04. The largest absolute Gasteiger partial charge is 0.389 e. The highest BCUT2D eigenvalue weighted by atomic mass is 16.3. The van der Waals surface area contributed by atoms with Gasteiger partial charge in [0.25, 0.3) is 0 Å². The number of rotatable bonds is 1. The Hall–Kier alpha value is -1.33. The molecule has 0 radical (unpaired) electrons. The summed E-state index contributed by atoms with van der Waals surface area (Å²) >= 11 is 0. The molecule has 2 nitrogen and oxygen atoms in total. The van der Waals surface area contributed by atoms with Gasteiger partial charge in [-0.1, -0.05) is 11.8 Å². The first-order valence-corrected chi connectivity index (χ1v) is 4.19. The van der Waals surface area contributed by atoms with Gasteiger partial charge in [0.1, 0.15) is 0 Å². The van der Waals surface area contributed by atoms with E-state index in [2.05, 4.69) is 16.8 Å².